The first-order valence-corrected chi connectivity index (χ1v) is 27.7. The molecule has 0 amide bonds. The maximum atomic E-state index is 6.24. The standard InChI is InChI=1S/C56H110O7/c1-7-11-15-19-33-41-49-59-55(60-50-42-34-20-16-12-8-2)47-39-31-27-23-25-29-37-45-53(57-5)63-54(58-6)46-38-30-26-24-28-32-40-48-56(61-51-43-35-21-17-13-9-3)62-52-44-36-22-18-14-10-4/h37-38,45-46,53-56H,7-36,39-44,47-52H2,1-6H3. The van der Waals surface area contributed by atoms with Crippen molar-refractivity contribution in [3.63, 3.8) is 0 Å². The monoisotopic (exact) mass is 895 g/mol. The molecular formula is C56H110O7. The SMILES string of the molecule is CCCCCCCCOC(CCCCCCCC=CC(OC)OC(C=CCCCCCCCC(OCCCCCCCC)OCCCCCCCC)OC)OCCCCCCCC. The summed E-state index contributed by atoms with van der Waals surface area (Å²) in [4.78, 5) is 0. The van der Waals surface area contributed by atoms with Gasteiger partial charge in [-0.1, -0.05) is 207 Å². The molecule has 0 fully saturated rings. The highest BCUT2D eigenvalue weighted by atomic mass is 16.8. The first kappa shape index (κ1) is 62.2. The van der Waals surface area contributed by atoms with Gasteiger partial charge in [-0.25, -0.2) is 0 Å². The maximum absolute atomic E-state index is 6.24. The molecule has 376 valence electrons. The average Bonchev–Trinajstić information content (AvgIpc) is 3.30. The van der Waals surface area contributed by atoms with Crippen molar-refractivity contribution >= 4 is 0 Å². The van der Waals surface area contributed by atoms with Gasteiger partial charge in [0.05, 0.1) is 0 Å². The van der Waals surface area contributed by atoms with E-state index in [1.54, 1.807) is 14.2 Å². The molecular weight excluding hydrogens is 785 g/mol. The zero-order chi connectivity index (χ0) is 45.8. The molecule has 0 heterocycles. The van der Waals surface area contributed by atoms with Crippen LogP contribution in [0.1, 0.15) is 272 Å². The Morgan fingerprint density at radius 3 is 0.841 bits per heavy atom. The van der Waals surface area contributed by atoms with Crippen LogP contribution in [0.2, 0.25) is 0 Å². The second kappa shape index (κ2) is 53.8. The fraction of sp³-hybridized carbons (Fsp3) is 0.929. The number of rotatable bonds is 54. The molecule has 0 radical (unpaired) electrons. The second-order valence-electron chi connectivity index (χ2n) is 18.3. The quantitative estimate of drug-likeness (QED) is 0.0342. The topological polar surface area (TPSA) is 64.6 Å². The van der Waals surface area contributed by atoms with Crippen molar-refractivity contribution in [1.29, 1.82) is 0 Å². The molecule has 7 heteroatoms. The summed E-state index contributed by atoms with van der Waals surface area (Å²) in [5.74, 6) is 0. The van der Waals surface area contributed by atoms with Crippen LogP contribution in [0.4, 0.5) is 0 Å². The third kappa shape index (κ3) is 47.5. The Labute approximate surface area is 393 Å². The van der Waals surface area contributed by atoms with Crippen LogP contribution in [0.25, 0.3) is 0 Å². The molecule has 0 aromatic rings. The lowest BCUT2D eigenvalue weighted by Gasteiger charge is -2.19. The maximum Gasteiger partial charge on any atom is 0.179 e. The van der Waals surface area contributed by atoms with E-state index in [0.29, 0.717) is 0 Å². The van der Waals surface area contributed by atoms with Crippen LogP contribution in [0.5, 0.6) is 0 Å². The number of hydrogen-bond donors (Lipinski definition) is 0. The van der Waals surface area contributed by atoms with E-state index in [1.807, 2.05) is 12.2 Å². The van der Waals surface area contributed by atoms with Gasteiger partial charge in [0.25, 0.3) is 0 Å². The summed E-state index contributed by atoms with van der Waals surface area (Å²) >= 11 is 0. The average molecular weight is 895 g/mol. The molecule has 0 aliphatic carbocycles. The zero-order valence-corrected chi connectivity index (χ0v) is 43.2. The zero-order valence-electron chi connectivity index (χ0n) is 43.2. The molecule has 63 heavy (non-hydrogen) atoms. The highest BCUT2D eigenvalue weighted by molar-refractivity contribution is 4.89. The summed E-state index contributed by atoms with van der Waals surface area (Å²) in [5, 5.41) is 0. The lowest BCUT2D eigenvalue weighted by molar-refractivity contribution is -0.188. The highest BCUT2D eigenvalue weighted by Crippen LogP contribution is 2.17. The molecule has 0 aliphatic heterocycles. The van der Waals surface area contributed by atoms with Gasteiger partial charge in [0.2, 0.25) is 0 Å². The van der Waals surface area contributed by atoms with E-state index in [2.05, 4.69) is 39.8 Å². The minimum absolute atomic E-state index is 0.0323. The van der Waals surface area contributed by atoms with Gasteiger partial charge in [-0.3, -0.25) is 0 Å². The Balaban J connectivity index is 4.28. The van der Waals surface area contributed by atoms with Crippen molar-refractivity contribution in [2.45, 2.75) is 297 Å². The Morgan fingerprint density at radius 1 is 0.302 bits per heavy atom. The summed E-state index contributed by atoms with van der Waals surface area (Å²) in [6.07, 6.45) is 54.8. The van der Waals surface area contributed by atoms with Gasteiger partial charge in [0, 0.05) is 40.6 Å². The molecule has 0 aliphatic rings. The fourth-order valence-corrected chi connectivity index (χ4v) is 7.93. The second-order valence-corrected chi connectivity index (χ2v) is 18.3. The van der Waals surface area contributed by atoms with Crippen molar-refractivity contribution < 1.29 is 33.2 Å². The Kier molecular flexibility index (Phi) is 53.1. The van der Waals surface area contributed by atoms with Gasteiger partial charge in [0.1, 0.15) is 0 Å². The van der Waals surface area contributed by atoms with E-state index in [4.69, 9.17) is 33.2 Å². The number of hydrogen-bond acceptors (Lipinski definition) is 7. The van der Waals surface area contributed by atoms with E-state index in [1.165, 1.54) is 193 Å². The molecule has 0 aromatic carbocycles. The van der Waals surface area contributed by atoms with Crippen molar-refractivity contribution in [1.82, 2.24) is 0 Å². The highest BCUT2D eigenvalue weighted by Gasteiger charge is 2.12. The predicted octanol–water partition coefficient (Wildman–Crippen LogP) is 17.7. The summed E-state index contributed by atoms with van der Waals surface area (Å²) < 4.78 is 42.2. The Hall–Kier alpha value is -0.800. The summed E-state index contributed by atoms with van der Waals surface area (Å²) in [7, 11) is 3.39. The Morgan fingerprint density at radius 2 is 0.556 bits per heavy atom. The lowest BCUT2D eigenvalue weighted by Crippen LogP contribution is -2.22. The number of unbranched alkanes of at least 4 members (excludes halogenated alkanes) is 30. The molecule has 0 rings (SSSR count). The summed E-state index contributed by atoms with van der Waals surface area (Å²) in [6, 6.07) is 0. The van der Waals surface area contributed by atoms with Gasteiger partial charge in [-0.05, 0) is 89.2 Å². The van der Waals surface area contributed by atoms with Gasteiger partial charge < -0.3 is 33.2 Å². The van der Waals surface area contributed by atoms with E-state index in [-0.39, 0.29) is 12.6 Å². The summed E-state index contributed by atoms with van der Waals surface area (Å²) in [5.41, 5.74) is 0. The molecule has 0 spiro atoms. The molecule has 7 nitrogen and oxygen atoms in total. The van der Waals surface area contributed by atoms with Crippen LogP contribution in [0.3, 0.4) is 0 Å². The normalized spacial score (nSPS) is 13.2. The number of methoxy groups -OCH3 is 2. The van der Waals surface area contributed by atoms with Gasteiger partial charge >= 0.3 is 0 Å². The first-order chi connectivity index (χ1) is 31.1. The molecule has 2 unspecified atom stereocenters. The smallest absolute Gasteiger partial charge is 0.179 e. The molecule has 0 saturated heterocycles. The molecule has 0 N–H and O–H groups in total. The minimum Gasteiger partial charge on any atom is -0.353 e. The van der Waals surface area contributed by atoms with Crippen LogP contribution in [0.15, 0.2) is 24.3 Å². The molecule has 0 aromatic heterocycles. The fourth-order valence-electron chi connectivity index (χ4n) is 7.93. The van der Waals surface area contributed by atoms with Crippen molar-refractivity contribution in [2.75, 3.05) is 40.6 Å². The Bertz CT molecular complexity index is 791. The van der Waals surface area contributed by atoms with E-state index in [9.17, 15) is 0 Å². The molecule has 0 bridgehead atoms. The van der Waals surface area contributed by atoms with Crippen LogP contribution in [-0.2, 0) is 33.2 Å². The number of allylic oxidation sites excluding steroid dienone is 2. The van der Waals surface area contributed by atoms with E-state index >= 15 is 0 Å². The summed E-state index contributed by atoms with van der Waals surface area (Å²) in [6.45, 7) is 12.4. The predicted molar refractivity (Wildman–Crippen MR) is 270 cm³/mol. The van der Waals surface area contributed by atoms with Crippen molar-refractivity contribution in [3.8, 4) is 0 Å². The third-order valence-corrected chi connectivity index (χ3v) is 12.1. The van der Waals surface area contributed by atoms with Crippen molar-refractivity contribution in [2.24, 2.45) is 0 Å². The minimum atomic E-state index is -0.419. The van der Waals surface area contributed by atoms with Crippen molar-refractivity contribution in [3.05, 3.63) is 24.3 Å². The van der Waals surface area contributed by atoms with Gasteiger partial charge in [-0.15, -0.1) is 0 Å². The van der Waals surface area contributed by atoms with Crippen LogP contribution < -0.4 is 0 Å². The molecule has 0 saturated carbocycles. The van der Waals surface area contributed by atoms with E-state index in [0.717, 1.165) is 77.8 Å². The third-order valence-electron chi connectivity index (χ3n) is 12.1. The van der Waals surface area contributed by atoms with Crippen LogP contribution in [0, 0.1) is 0 Å². The van der Waals surface area contributed by atoms with Gasteiger partial charge in [0.15, 0.2) is 25.2 Å². The molecule has 2 atom stereocenters. The first-order valence-electron chi connectivity index (χ1n) is 27.7. The largest absolute Gasteiger partial charge is 0.353 e. The van der Waals surface area contributed by atoms with E-state index < -0.39 is 12.6 Å². The van der Waals surface area contributed by atoms with Crippen LogP contribution in [-0.4, -0.2) is 65.8 Å². The number of ether oxygens (including phenoxy) is 7. The lowest BCUT2D eigenvalue weighted by atomic mass is 10.1. The van der Waals surface area contributed by atoms with Gasteiger partial charge in [-0.2, -0.15) is 0 Å². The van der Waals surface area contributed by atoms with Crippen LogP contribution >= 0.6 is 0 Å².